The monoisotopic (exact) mass is 318 g/mol. The van der Waals surface area contributed by atoms with Crippen molar-refractivity contribution in [2.75, 3.05) is 21.1 Å². The molecule has 0 aromatic heterocycles. The summed E-state index contributed by atoms with van der Waals surface area (Å²) in [6.07, 6.45) is 0. The molecule has 0 amide bonds. The summed E-state index contributed by atoms with van der Waals surface area (Å²) in [6.45, 7) is 1.52. The smallest absolute Gasteiger partial charge is 0.242 e. The van der Waals surface area contributed by atoms with E-state index in [1.807, 2.05) is 31.3 Å². The summed E-state index contributed by atoms with van der Waals surface area (Å²) < 4.78 is 25.6. The summed E-state index contributed by atoms with van der Waals surface area (Å²) in [5, 5.41) is 0. The molecule has 0 bridgehead atoms. The van der Waals surface area contributed by atoms with E-state index >= 15 is 0 Å². The summed E-state index contributed by atoms with van der Waals surface area (Å²) in [5.41, 5.74) is 2.23. The SMILES string of the molecule is CN(Cc1ccccc1)Cc1cccc(S(=O)(=O)N(C)C)c1. The first kappa shape index (κ1) is 16.7. The molecular formula is C17H22N2O2S. The molecule has 0 fully saturated rings. The molecule has 0 saturated heterocycles. The van der Waals surface area contributed by atoms with E-state index < -0.39 is 10.0 Å². The summed E-state index contributed by atoms with van der Waals surface area (Å²) in [6, 6.07) is 17.3. The van der Waals surface area contributed by atoms with Crippen molar-refractivity contribution in [2.24, 2.45) is 0 Å². The molecule has 5 heteroatoms. The van der Waals surface area contributed by atoms with E-state index in [0.29, 0.717) is 11.4 Å². The van der Waals surface area contributed by atoms with Gasteiger partial charge in [0.2, 0.25) is 10.0 Å². The van der Waals surface area contributed by atoms with Crippen molar-refractivity contribution < 1.29 is 8.42 Å². The maximum Gasteiger partial charge on any atom is 0.242 e. The average Bonchev–Trinajstić information content (AvgIpc) is 2.48. The third kappa shape index (κ3) is 4.16. The van der Waals surface area contributed by atoms with E-state index in [4.69, 9.17) is 0 Å². The zero-order valence-electron chi connectivity index (χ0n) is 13.2. The van der Waals surface area contributed by atoms with Crippen LogP contribution in [0, 0.1) is 0 Å². The number of nitrogens with zero attached hydrogens (tertiary/aromatic N) is 2. The van der Waals surface area contributed by atoms with Gasteiger partial charge in [-0.25, -0.2) is 12.7 Å². The van der Waals surface area contributed by atoms with Gasteiger partial charge in [-0.3, -0.25) is 4.90 Å². The predicted octanol–water partition coefficient (Wildman–Crippen LogP) is 2.57. The number of rotatable bonds is 6. The van der Waals surface area contributed by atoms with Crippen molar-refractivity contribution in [3.63, 3.8) is 0 Å². The lowest BCUT2D eigenvalue weighted by Gasteiger charge is -2.18. The van der Waals surface area contributed by atoms with Crippen LogP contribution in [0.4, 0.5) is 0 Å². The van der Waals surface area contributed by atoms with E-state index in [0.717, 1.165) is 12.1 Å². The fraction of sp³-hybridized carbons (Fsp3) is 0.294. The minimum absolute atomic E-state index is 0.336. The van der Waals surface area contributed by atoms with Crippen LogP contribution < -0.4 is 0 Å². The Kier molecular flexibility index (Phi) is 5.34. The lowest BCUT2D eigenvalue weighted by atomic mass is 10.2. The quantitative estimate of drug-likeness (QED) is 0.822. The maximum atomic E-state index is 12.2. The Morgan fingerprint density at radius 3 is 2.05 bits per heavy atom. The van der Waals surface area contributed by atoms with Crippen molar-refractivity contribution in [2.45, 2.75) is 18.0 Å². The summed E-state index contributed by atoms with van der Waals surface area (Å²) in [4.78, 5) is 2.50. The zero-order valence-corrected chi connectivity index (χ0v) is 14.0. The fourth-order valence-corrected chi connectivity index (χ4v) is 3.25. The molecular weight excluding hydrogens is 296 g/mol. The van der Waals surface area contributed by atoms with Crippen LogP contribution in [0.1, 0.15) is 11.1 Å². The van der Waals surface area contributed by atoms with E-state index in [-0.39, 0.29) is 0 Å². The number of benzene rings is 2. The van der Waals surface area contributed by atoms with E-state index in [9.17, 15) is 8.42 Å². The molecule has 0 aliphatic rings. The molecule has 2 aromatic carbocycles. The van der Waals surface area contributed by atoms with Crippen molar-refractivity contribution >= 4 is 10.0 Å². The second kappa shape index (κ2) is 7.05. The van der Waals surface area contributed by atoms with E-state index in [2.05, 4.69) is 17.0 Å². The zero-order chi connectivity index (χ0) is 16.2. The van der Waals surface area contributed by atoms with Gasteiger partial charge in [-0.1, -0.05) is 42.5 Å². The van der Waals surface area contributed by atoms with Gasteiger partial charge >= 0.3 is 0 Å². The highest BCUT2D eigenvalue weighted by Crippen LogP contribution is 2.16. The third-order valence-electron chi connectivity index (χ3n) is 3.42. The molecule has 0 aliphatic carbocycles. The minimum Gasteiger partial charge on any atom is -0.298 e. The minimum atomic E-state index is -3.38. The fourth-order valence-electron chi connectivity index (χ4n) is 2.28. The van der Waals surface area contributed by atoms with Gasteiger partial charge in [-0.05, 0) is 30.3 Å². The lowest BCUT2D eigenvalue weighted by Crippen LogP contribution is -2.22. The van der Waals surface area contributed by atoms with Crippen molar-refractivity contribution in [3.05, 3.63) is 65.7 Å². The van der Waals surface area contributed by atoms with Crippen LogP contribution in [0.25, 0.3) is 0 Å². The van der Waals surface area contributed by atoms with Crippen LogP contribution in [0.15, 0.2) is 59.5 Å². The molecule has 0 heterocycles. The Morgan fingerprint density at radius 1 is 0.818 bits per heavy atom. The Bertz CT molecular complexity index is 712. The standard InChI is InChI=1S/C17H22N2O2S/c1-18(2)22(20,21)17-11-7-10-16(12-17)14-19(3)13-15-8-5-4-6-9-15/h4-12H,13-14H2,1-3H3. The highest BCUT2D eigenvalue weighted by molar-refractivity contribution is 7.89. The van der Waals surface area contributed by atoms with E-state index in [1.165, 1.54) is 9.87 Å². The molecule has 0 radical (unpaired) electrons. The van der Waals surface area contributed by atoms with Gasteiger partial charge < -0.3 is 0 Å². The van der Waals surface area contributed by atoms with Gasteiger partial charge in [0, 0.05) is 27.2 Å². The van der Waals surface area contributed by atoms with Crippen LogP contribution >= 0.6 is 0 Å². The molecule has 118 valence electrons. The molecule has 0 atom stereocenters. The average molecular weight is 318 g/mol. The number of hydrogen-bond acceptors (Lipinski definition) is 3. The van der Waals surface area contributed by atoms with Crippen LogP contribution in [0.3, 0.4) is 0 Å². The number of hydrogen-bond donors (Lipinski definition) is 0. The Morgan fingerprint density at radius 2 is 1.41 bits per heavy atom. The molecule has 0 aliphatic heterocycles. The Hall–Kier alpha value is -1.69. The van der Waals surface area contributed by atoms with E-state index in [1.54, 1.807) is 32.3 Å². The van der Waals surface area contributed by atoms with Crippen LogP contribution in [-0.2, 0) is 23.1 Å². The molecule has 2 rings (SSSR count). The molecule has 0 spiro atoms. The Labute approximate surface area is 133 Å². The second-order valence-electron chi connectivity index (χ2n) is 5.59. The van der Waals surface area contributed by atoms with Gasteiger partial charge in [0.25, 0.3) is 0 Å². The van der Waals surface area contributed by atoms with Gasteiger partial charge in [0.1, 0.15) is 0 Å². The summed E-state index contributed by atoms with van der Waals surface area (Å²) >= 11 is 0. The van der Waals surface area contributed by atoms with Gasteiger partial charge in [-0.2, -0.15) is 0 Å². The molecule has 0 saturated carbocycles. The summed E-state index contributed by atoms with van der Waals surface area (Å²) in [5.74, 6) is 0. The first-order valence-electron chi connectivity index (χ1n) is 7.13. The highest BCUT2D eigenvalue weighted by Gasteiger charge is 2.17. The third-order valence-corrected chi connectivity index (χ3v) is 5.24. The predicted molar refractivity (Wildman–Crippen MR) is 88.9 cm³/mol. The number of sulfonamides is 1. The van der Waals surface area contributed by atoms with Crippen molar-refractivity contribution in [1.29, 1.82) is 0 Å². The lowest BCUT2D eigenvalue weighted by molar-refractivity contribution is 0.319. The van der Waals surface area contributed by atoms with Crippen LogP contribution in [0.5, 0.6) is 0 Å². The second-order valence-corrected chi connectivity index (χ2v) is 7.74. The molecule has 4 nitrogen and oxygen atoms in total. The maximum absolute atomic E-state index is 12.2. The first-order chi connectivity index (χ1) is 10.4. The largest absolute Gasteiger partial charge is 0.298 e. The first-order valence-corrected chi connectivity index (χ1v) is 8.57. The molecule has 2 aromatic rings. The molecule has 0 N–H and O–H groups in total. The highest BCUT2D eigenvalue weighted by atomic mass is 32.2. The Balaban J connectivity index is 2.11. The normalized spacial score (nSPS) is 12.0. The van der Waals surface area contributed by atoms with Crippen molar-refractivity contribution in [1.82, 2.24) is 9.21 Å². The topological polar surface area (TPSA) is 40.6 Å². The van der Waals surface area contributed by atoms with Crippen LogP contribution in [-0.4, -0.2) is 38.8 Å². The van der Waals surface area contributed by atoms with Crippen LogP contribution in [0.2, 0.25) is 0 Å². The van der Waals surface area contributed by atoms with Gasteiger partial charge in [0.05, 0.1) is 4.90 Å². The summed E-state index contributed by atoms with van der Waals surface area (Å²) in [7, 11) is 1.74. The molecule has 22 heavy (non-hydrogen) atoms. The van der Waals surface area contributed by atoms with Crippen molar-refractivity contribution in [3.8, 4) is 0 Å². The molecule has 0 unspecified atom stereocenters. The van der Waals surface area contributed by atoms with Gasteiger partial charge in [-0.15, -0.1) is 0 Å². The van der Waals surface area contributed by atoms with Gasteiger partial charge in [0.15, 0.2) is 0 Å².